The molecule has 0 spiro atoms. The molecule has 0 fully saturated rings. The fourth-order valence-electron chi connectivity index (χ4n) is 4.59. The predicted octanol–water partition coefficient (Wildman–Crippen LogP) is 3.99. The number of carbonyl (C=O) groups excluding carboxylic acids is 1. The van der Waals surface area contributed by atoms with Gasteiger partial charge in [0.1, 0.15) is 6.61 Å². The lowest BCUT2D eigenvalue weighted by Crippen LogP contribution is -2.45. The van der Waals surface area contributed by atoms with Gasteiger partial charge in [-0.1, -0.05) is 29.4 Å². The zero-order valence-corrected chi connectivity index (χ0v) is 26.7. The molecule has 1 heterocycles. The Hall–Kier alpha value is -4.28. The van der Waals surface area contributed by atoms with E-state index in [1.807, 2.05) is 45.1 Å². The van der Waals surface area contributed by atoms with Crippen LogP contribution in [0.4, 0.5) is 5.69 Å². The molecule has 11 nitrogen and oxygen atoms in total. The molecule has 0 saturated heterocycles. The largest absolute Gasteiger partial charge is 0.458 e. The van der Waals surface area contributed by atoms with E-state index < -0.39 is 5.97 Å². The minimum atomic E-state index is -0.416. The number of rotatable bonds is 14. The second-order valence-corrected chi connectivity index (χ2v) is 11.2. The monoisotopic (exact) mass is 593 g/mol. The Bertz CT molecular complexity index is 1270. The summed E-state index contributed by atoms with van der Waals surface area (Å²) < 4.78 is 5.57. The van der Waals surface area contributed by atoms with Crippen LogP contribution < -0.4 is 28.3 Å². The number of benzene rings is 1. The molecule has 0 aliphatic carbocycles. The molecule has 0 aromatic heterocycles. The third kappa shape index (κ3) is 12.2. The highest BCUT2D eigenvalue weighted by Crippen LogP contribution is 2.37. The highest BCUT2D eigenvalue weighted by Gasteiger charge is 2.32. The Kier molecular flexibility index (Phi) is 14.3. The number of esters is 1. The number of hydrogen-bond donors (Lipinski definition) is 5. The van der Waals surface area contributed by atoms with E-state index in [0.29, 0.717) is 50.0 Å². The molecule has 1 aliphatic heterocycles. The predicted molar refractivity (Wildman–Crippen MR) is 179 cm³/mol. The van der Waals surface area contributed by atoms with E-state index in [1.165, 1.54) is 11.1 Å². The highest BCUT2D eigenvalue weighted by molar-refractivity contribution is 5.91. The van der Waals surface area contributed by atoms with Crippen LogP contribution in [0.15, 0.2) is 68.1 Å². The minimum Gasteiger partial charge on any atom is -0.458 e. The first kappa shape index (κ1) is 34.9. The summed E-state index contributed by atoms with van der Waals surface area (Å²) in [5.74, 6) is 0.688. The van der Waals surface area contributed by atoms with Gasteiger partial charge in [-0.15, -0.1) is 0 Å². The molecule has 0 radical (unpaired) electrons. The number of ether oxygens (including phenoxy) is 1. The van der Waals surface area contributed by atoms with Crippen LogP contribution in [-0.4, -0.2) is 67.5 Å². The van der Waals surface area contributed by atoms with Gasteiger partial charge < -0.3 is 37.9 Å². The summed E-state index contributed by atoms with van der Waals surface area (Å²) in [4.78, 5) is 28.3. The van der Waals surface area contributed by atoms with Gasteiger partial charge in [0, 0.05) is 24.7 Å². The molecule has 9 N–H and O–H groups in total. The fourth-order valence-corrected chi connectivity index (χ4v) is 4.59. The number of hydrogen-bond acceptors (Lipinski definition) is 6. The fraction of sp³-hybridized carbons (Fsp3) is 0.500. The van der Waals surface area contributed by atoms with Crippen molar-refractivity contribution in [2.24, 2.45) is 37.9 Å². The molecule has 2 atom stereocenters. The Morgan fingerprint density at radius 3 is 2.35 bits per heavy atom. The van der Waals surface area contributed by atoms with Crippen LogP contribution in [0.1, 0.15) is 82.8 Å². The first-order chi connectivity index (χ1) is 20.4. The van der Waals surface area contributed by atoms with E-state index in [-0.39, 0.29) is 24.7 Å². The average molecular weight is 594 g/mol. The smallest absolute Gasteiger partial charge is 0.338 e. The third-order valence-corrected chi connectivity index (χ3v) is 6.89. The van der Waals surface area contributed by atoms with Crippen molar-refractivity contribution in [3.05, 3.63) is 64.3 Å². The summed E-state index contributed by atoms with van der Waals surface area (Å²) in [7, 11) is 0. The van der Waals surface area contributed by atoms with Crippen molar-refractivity contribution in [3.63, 3.8) is 0 Å². The van der Waals surface area contributed by atoms with Crippen molar-refractivity contribution in [1.82, 2.24) is 4.90 Å². The number of anilines is 1. The maximum absolute atomic E-state index is 13.0. The number of amidine groups is 1. The van der Waals surface area contributed by atoms with Crippen LogP contribution in [-0.2, 0) is 4.74 Å². The molecule has 236 valence electrons. The van der Waals surface area contributed by atoms with E-state index in [9.17, 15) is 4.79 Å². The van der Waals surface area contributed by atoms with Gasteiger partial charge in [-0.05, 0) is 83.7 Å². The minimum absolute atomic E-state index is 0.0130. The standard InChI is InChI=1S/C32H51N9O2/c1-7-41(32(36)38-15-13-22(4)5)28-18-25(19-39-29(33)10-8-9-21(2)3)40-27-12-11-24(17-26(27)28)30(42)43-20-23(6)14-16-37-31(34)35/h9,11-14,17,25,28,40H,7-8,10,15-16,18-20H2,1-6H3,(H2,33,39)(H2,36,38)(H4,34,35,37)/b23-14+/t25-,28+/m1/s1. The lowest BCUT2D eigenvalue weighted by molar-refractivity contribution is 0.0539. The Morgan fingerprint density at radius 1 is 1.00 bits per heavy atom. The van der Waals surface area contributed by atoms with Crippen molar-refractivity contribution in [2.75, 3.05) is 38.1 Å². The van der Waals surface area contributed by atoms with Crippen molar-refractivity contribution in [2.45, 2.75) is 72.9 Å². The molecule has 0 bridgehead atoms. The average Bonchev–Trinajstić information content (AvgIpc) is 2.94. The molecule has 11 heteroatoms. The van der Waals surface area contributed by atoms with Gasteiger partial charge in [0.05, 0.1) is 37.1 Å². The van der Waals surface area contributed by atoms with Gasteiger partial charge in [-0.3, -0.25) is 4.99 Å². The molecule has 1 aromatic rings. The summed E-state index contributed by atoms with van der Waals surface area (Å²) in [6.45, 7) is 14.3. The van der Waals surface area contributed by atoms with Gasteiger partial charge >= 0.3 is 5.97 Å². The van der Waals surface area contributed by atoms with Gasteiger partial charge in [-0.25, -0.2) is 14.8 Å². The van der Waals surface area contributed by atoms with Crippen molar-refractivity contribution in [3.8, 4) is 0 Å². The first-order valence-corrected chi connectivity index (χ1v) is 14.8. The van der Waals surface area contributed by atoms with E-state index in [0.717, 1.165) is 29.7 Å². The van der Waals surface area contributed by atoms with Crippen LogP contribution in [0.5, 0.6) is 0 Å². The normalized spacial score (nSPS) is 16.8. The Labute approximate surface area is 256 Å². The second-order valence-electron chi connectivity index (χ2n) is 11.2. The first-order valence-electron chi connectivity index (χ1n) is 14.8. The van der Waals surface area contributed by atoms with Crippen molar-refractivity contribution in [1.29, 1.82) is 0 Å². The number of allylic oxidation sites excluding steroid dienone is 3. The summed E-state index contributed by atoms with van der Waals surface area (Å²) in [5.41, 5.74) is 29.1. The summed E-state index contributed by atoms with van der Waals surface area (Å²) >= 11 is 0. The number of nitrogens with one attached hydrogen (secondary N) is 1. The molecule has 0 amide bonds. The lowest BCUT2D eigenvalue weighted by atomic mass is 9.90. The Morgan fingerprint density at radius 2 is 1.70 bits per heavy atom. The van der Waals surface area contributed by atoms with E-state index in [2.05, 4.69) is 52.0 Å². The van der Waals surface area contributed by atoms with Crippen LogP contribution in [0.2, 0.25) is 0 Å². The lowest BCUT2D eigenvalue weighted by Gasteiger charge is -2.39. The molecule has 2 rings (SSSR count). The molecule has 0 unspecified atom stereocenters. The molecule has 0 saturated carbocycles. The summed E-state index contributed by atoms with van der Waals surface area (Å²) in [5, 5.41) is 3.60. The quantitative estimate of drug-likeness (QED) is 0.0928. The number of fused-ring (bicyclic) bond motifs is 1. The highest BCUT2D eigenvalue weighted by atomic mass is 16.5. The summed E-state index contributed by atoms with van der Waals surface area (Å²) in [6.07, 6.45) is 8.31. The maximum Gasteiger partial charge on any atom is 0.338 e. The second kappa shape index (κ2) is 17.6. The van der Waals surface area contributed by atoms with Crippen molar-refractivity contribution >= 4 is 29.4 Å². The molecular weight excluding hydrogens is 542 g/mol. The van der Waals surface area contributed by atoms with Crippen LogP contribution in [0.3, 0.4) is 0 Å². The molecule has 1 aromatic carbocycles. The molecule has 1 aliphatic rings. The molecular formula is C32H51N9O2. The van der Waals surface area contributed by atoms with Gasteiger partial charge in [0.2, 0.25) is 0 Å². The van der Waals surface area contributed by atoms with E-state index in [1.54, 1.807) is 6.07 Å². The Balaban J connectivity index is 2.32. The van der Waals surface area contributed by atoms with Gasteiger partial charge in [-0.2, -0.15) is 0 Å². The number of nitrogens with zero attached hydrogens (tertiary/aromatic N) is 4. The topological polar surface area (TPSA) is 183 Å². The van der Waals surface area contributed by atoms with E-state index in [4.69, 9.17) is 27.7 Å². The number of guanidine groups is 2. The van der Waals surface area contributed by atoms with Crippen LogP contribution in [0, 0.1) is 0 Å². The number of carbonyl (C=O) groups is 1. The van der Waals surface area contributed by atoms with Gasteiger partial charge in [0.25, 0.3) is 0 Å². The summed E-state index contributed by atoms with van der Waals surface area (Å²) in [6, 6.07) is 5.46. The third-order valence-electron chi connectivity index (χ3n) is 6.89. The van der Waals surface area contributed by atoms with E-state index >= 15 is 0 Å². The number of nitrogens with two attached hydrogens (primary N) is 4. The van der Waals surface area contributed by atoms with Crippen LogP contribution >= 0.6 is 0 Å². The van der Waals surface area contributed by atoms with Crippen molar-refractivity contribution < 1.29 is 9.53 Å². The number of aliphatic imine (C=N–C) groups is 3. The zero-order valence-electron chi connectivity index (χ0n) is 26.7. The SMILES string of the molecule is CCN(C(N)=NCC=C(C)C)[C@H]1C[C@H](CN=C(N)CCC=C(C)C)Nc2ccc(C(=O)OC/C(C)=C/CN=C(N)N)cc21. The maximum atomic E-state index is 13.0. The van der Waals surface area contributed by atoms with Gasteiger partial charge in [0.15, 0.2) is 11.9 Å². The zero-order chi connectivity index (χ0) is 31.9. The molecule has 43 heavy (non-hydrogen) atoms. The van der Waals surface area contributed by atoms with Crippen LogP contribution in [0.25, 0.3) is 0 Å².